The molecule has 1 heterocycles. The first-order valence-corrected chi connectivity index (χ1v) is 7.96. The smallest absolute Gasteiger partial charge is 0.304 e. The van der Waals surface area contributed by atoms with E-state index >= 15 is 0 Å². The van der Waals surface area contributed by atoms with Gasteiger partial charge in [-0.1, -0.05) is 11.3 Å². The monoisotopic (exact) mass is 406 g/mol. The van der Waals surface area contributed by atoms with E-state index in [1.807, 2.05) is 17.5 Å². The summed E-state index contributed by atoms with van der Waals surface area (Å²) < 4.78 is 7.07. The zero-order chi connectivity index (χ0) is 13.8. The summed E-state index contributed by atoms with van der Waals surface area (Å²) in [6.07, 6.45) is 0. The van der Waals surface area contributed by atoms with Crippen LogP contribution in [0.15, 0.2) is 31.3 Å². The Morgan fingerprint density at radius 1 is 1.32 bits per heavy atom. The summed E-state index contributed by atoms with van der Waals surface area (Å²) in [5, 5.41) is 5.11. The molecule has 0 aliphatic carbocycles. The Labute approximate surface area is 131 Å². The lowest BCUT2D eigenvalue weighted by Gasteiger charge is -2.09. The summed E-state index contributed by atoms with van der Waals surface area (Å²) in [5.74, 6) is 0.783. The van der Waals surface area contributed by atoms with E-state index < -0.39 is 0 Å². The zero-order valence-corrected chi connectivity index (χ0v) is 14.1. The second-order valence-corrected chi connectivity index (χ2v) is 6.42. The van der Waals surface area contributed by atoms with Gasteiger partial charge in [0.25, 0.3) is 0 Å². The number of nitrogens with one attached hydrogen (secondary N) is 2. The highest BCUT2D eigenvalue weighted by Crippen LogP contribution is 2.34. The van der Waals surface area contributed by atoms with Crippen molar-refractivity contribution in [3.63, 3.8) is 0 Å². The van der Waals surface area contributed by atoms with Crippen molar-refractivity contribution in [3.05, 3.63) is 47.4 Å². The van der Waals surface area contributed by atoms with Crippen LogP contribution in [0, 0.1) is 0 Å². The van der Waals surface area contributed by atoms with Gasteiger partial charge in [0.2, 0.25) is 0 Å². The fourth-order valence-electron chi connectivity index (χ4n) is 1.65. The van der Waals surface area contributed by atoms with Gasteiger partial charge in [-0.2, -0.15) is 0 Å². The standard InChI is InChI=1S/C12H12Br2N2O2S/c1-18-11-9(13)2-7(3-10(11)14)4-15-5-8-6-19-12(17)16-8/h2-3,6,15H,4-5H2,1H3,(H,16,17). The summed E-state index contributed by atoms with van der Waals surface area (Å²) in [6.45, 7) is 1.35. The number of aromatic nitrogens is 1. The molecule has 0 aliphatic rings. The van der Waals surface area contributed by atoms with Crippen LogP contribution in [0.1, 0.15) is 11.3 Å². The lowest BCUT2D eigenvalue weighted by Crippen LogP contribution is -2.13. The zero-order valence-electron chi connectivity index (χ0n) is 10.1. The first kappa shape index (κ1) is 14.8. The molecule has 7 heteroatoms. The van der Waals surface area contributed by atoms with Crippen molar-refractivity contribution in [2.45, 2.75) is 13.1 Å². The first-order valence-electron chi connectivity index (χ1n) is 5.49. The van der Waals surface area contributed by atoms with Crippen LogP contribution in [-0.2, 0) is 13.1 Å². The van der Waals surface area contributed by atoms with Crippen LogP contribution in [0.25, 0.3) is 0 Å². The SMILES string of the molecule is COc1c(Br)cc(CNCc2csc(=O)[nH]2)cc1Br. The number of halogens is 2. The van der Waals surface area contributed by atoms with E-state index in [1.165, 1.54) is 11.3 Å². The number of rotatable bonds is 5. The van der Waals surface area contributed by atoms with E-state index in [4.69, 9.17) is 4.74 Å². The molecule has 0 spiro atoms. The van der Waals surface area contributed by atoms with Crippen LogP contribution < -0.4 is 14.9 Å². The second-order valence-electron chi connectivity index (χ2n) is 3.87. The number of methoxy groups -OCH3 is 1. The molecule has 1 aromatic carbocycles. The van der Waals surface area contributed by atoms with Crippen molar-refractivity contribution in [2.24, 2.45) is 0 Å². The minimum absolute atomic E-state index is 0.0215. The average Bonchev–Trinajstić information content (AvgIpc) is 2.75. The third kappa shape index (κ3) is 3.92. The van der Waals surface area contributed by atoms with Crippen LogP contribution in [0.3, 0.4) is 0 Å². The van der Waals surface area contributed by atoms with Crippen molar-refractivity contribution in [2.75, 3.05) is 7.11 Å². The van der Waals surface area contributed by atoms with Gasteiger partial charge in [0.1, 0.15) is 5.75 Å². The van der Waals surface area contributed by atoms with E-state index in [2.05, 4.69) is 42.2 Å². The third-order valence-corrected chi connectivity index (χ3v) is 4.37. The molecule has 0 amide bonds. The number of thiazole rings is 1. The number of benzene rings is 1. The second kappa shape index (κ2) is 6.69. The molecular weight excluding hydrogens is 396 g/mol. The third-order valence-electron chi connectivity index (χ3n) is 2.48. The normalized spacial score (nSPS) is 10.7. The maximum absolute atomic E-state index is 11.0. The van der Waals surface area contributed by atoms with E-state index in [-0.39, 0.29) is 4.87 Å². The highest BCUT2D eigenvalue weighted by molar-refractivity contribution is 9.11. The molecule has 19 heavy (non-hydrogen) atoms. The Kier molecular flexibility index (Phi) is 5.20. The van der Waals surface area contributed by atoms with E-state index in [0.717, 1.165) is 26.0 Å². The Bertz CT molecular complexity index is 601. The van der Waals surface area contributed by atoms with Gasteiger partial charge < -0.3 is 15.0 Å². The van der Waals surface area contributed by atoms with Gasteiger partial charge in [0.05, 0.1) is 16.1 Å². The van der Waals surface area contributed by atoms with Crippen molar-refractivity contribution >= 4 is 43.2 Å². The van der Waals surface area contributed by atoms with Crippen molar-refractivity contribution in [1.82, 2.24) is 10.3 Å². The fraction of sp³-hybridized carbons (Fsp3) is 0.250. The van der Waals surface area contributed by atoms with E-state index in [1.54, 1.807) is 7.11 Å². The summed E-state index contributed by atoms with van der Waals surface area (Å²) >= 11 is 8.12. The highest BCUT2D eigenvalue weighted by Gasteiger charge is 2.07. The molecule has 1 aromatic heterocycles. The molecule has 0 radical (unpaired) electrons. The number of hydrogen-bond donors (Lipinski definition) is 2. The molecular formula is C12H12Br2N2O2S. The van der Waals surface area contributed by atoms with Gasteiger partial charge in [0.15, 0.2) is 0 Å². The quantitative estimate of drug-likeness (QED) is 0.799. The van der Waals surface area contributed by atoms with Gasteiger partial charge in [-0.25, -0.2) is 0 Å². The van der Waals surface area contributed by atoms with E-state index in [0.29, 0.717) is 13.1 Å². The number of aromatic amines is 1. The Balaban J connectivity index is 1.98. The molecule has 0 atom stereocenters. The summed E-state index contributed by atoms with van der Waals surface area (Å²) in [7, 11) is 1.63. The lowest BCUT2D eigenvalue weighted by molar-refractivity contribution is 0.409. The molecule has 0 saturated carbocycles. The van der Waals surface area contributed by atoms with Gasteiger partial charge in [-0.05, 0) is 49.6 Å². The molecule has 0 aliphatic heterocycles. The van der Waals surface area contributed by atoms with Crippen LogP contribution in [0.2, 0.25) is 0 Å². The number of ether oxygens (including phenoxy) is 1. The van der Waals surface area contributed by atoms with Gasteiger partial charge in [-0.15, -0.1) is 0 Å². The molecule has 0 fully saturated rings. The van der Waals surface area contributed by atoms with Crippen LogP contribution in [-0.4, -0.2) is 12.1 Å². The Morgan fingerprint density at radius 2 is 2.00 bits per heavy atom. The minimum Gasteiger partial charge on any atom is -0.494 e. The fourth-order valence-corrected chi connectivity index (χ4v) is 3.84. The lowest BCUT2D eigenvalue weighted by atomic mass is 10.2. The van der Waals surface area contributed by atoms with Crippen LogP contribution in [0.5, 0.6) is 5.75 Å². The molecule has 2 aromatic rings. The van der Waals surface area contributed by atoms with Crippen LogP contribution in [0.4, 0.5) is 0 Å². The predicted octanol–water partition coefficient (Wildman–Crippen LogP) is 3.26. The maximum atomic E-state index is 11.0. The predicted molar refractivity (Wildman–Crippen MR) is 83.9 cm³/mol. The first-order chi connectivity index (χ1) is 9.10. The van der Waals surface area contributed by atoms with Crippen molar-refractivity contribution < 1.29 is 4.74 Å². The molecule has 0 bridgehead atoms. The number of H-pyrrole nitrogens is 1. The summed E-state index contributed by atoms with van der Waals surface area (Å²) in [5.41, 5.74) is 2.03. The van der Waals surface area contributed by atoms with Gasteiger partial charge in [0, 0.05) is 24.2 Å². The van der Waals surface area contributed by atoms with Gasteiger partial charge >= 0.3 is 4.87 Å². The summed E-state index contributed by atoms with van der Waals surface area (Å²) in [4.78, 5) is 13.7. The maximum Gasteiger partial charge on any atom is 0.304 e. The molecule has 2 N–H and O–H groups in total. The molecule has 4 nitrogen and oxygen atoms in total. The molecule has 2 rings (SSSR count). The van der Waals surface area contributed by atoms with Crippen molar-refractivity contribution in [3.8, 4) is 5.75 Å². The van der Waals surface area contributed by atoms with Gasteiger partial charge in [-0.3, -0.25) is 4.79 Å². The van der Waals surface area contributed by atoms with E-state index in [9.17, 15) is 4.79 Å². The Morgan fingerprint density at radius 3 is 2.53 bits per heavy atom. The summed E-state index contributed by atoms with van der Waals surface area (Å²) in [6, 6.07) is 4.01. The molecule has 102 valence electrons. The molecule has 0 unspecified atom stereocenters. The highest BCUT2D eigenvalue weighted by atomic mass is 79.9. The molecule has 0 saturated heterocycles. The number of hydrogen-bond acceptors (Lipinski definition) is 4. The average molecular weight is 408 g/mol. The topological polar surface area (TPSA) is 54.1 Å². The largest absolute Gasteiger partial charge is 0.494 e. The van der Waals surface area contributed by atoms with Crippen LogP contribution >= 0.6 is 43.2 Å². The van der Waals surface area contributed by atoms with Crippen molar-refractivity contribution in [1.29, 1.82) is 0 Å². The minimum atomic E-state index is -0.0215. The Hall–Kier alpha value is -0.630.